The fraction of sp³-hybridized carbons (Fsp3) is 0.412. The van der Waals surface area contributed by atoms with E-state index in [1.807, 2.05) is 36.4 Å². The molecule has 2 rings (SSSR count). The van der Waals surface area contributed by atoms with Crippen molar-refractivity contribution in [2.45, 2.75) is 33.2 Å². The third kappa shape index (κ3) is 4.91. The molecule has 0 amide bonds. The lowest BCUT2D eigenvalue weighted by atomic mass is 10.2. The lowest BCUT2D eigenvalue weighted by Crippen LogP contribution is -2.37. The Morgan fingerprint density at radius 3 is 2.73 bits per heavy atom. The van der Waals surface area contributed by atoms with E-state index in [9.17, 15) is 0 Å². The number of aromatic nitrogens is 1. The SMILES string of the molecule is CCCCNC(=NCc1cc(-c2ccccc2)on1)NCC. The van der Waals surface area contributed by atoms with Gasteiger partial charge < -0.3 is 15.2 Å². The maximum absolute atomic E-state index is 5.38. The molecule has 0 fully saturated rings. The topological polar surface area (TPSA) is 62.5 Å². The Balaban J connectivity index is 1.97. The third-order valence-electron chi connectivity index (χ3n) is 3.18. The Morgan fingerprint density at radius 2 is 2.00 bits per heavy atom. The van der Waals surface area contributed by atoms with E-state index in [0.29, 0.717) is 6.54 Å². The van der Waals surface area contributed by atoms with Gasteiger partial charge in [0.2, 0.25) is 0 Å². The molecule has 0 bridgehead atoms. The van der Waals surface area contributed by atoms with Crippen molar-refractivity contribution < 1.29 is 4.52 Å². The fourth-order valence-electron chi connectivity index (χ4n) is 2.01. The van der Waals surface area contributed by atoms with Crippen molar-refractivity contribution >= 4 is 5.96 Å². The van der Waals surface area contributed by atoms with Crippen LogP contribution in [0.2, 0.25) is 0 Å². The van der Waals surface area contributed by atoms with Gasteiger partial charge in [0.1, 0.15) is 5.69 Å². The van der Waals surface area contributed by atoms with Crippen LogP contribution in [0.15, 0.2) is 45.9 Å². The second-order valence-corrected chi connectivity index (χ2v) is 5.02. The molecule has 2 N–H and O–H groups in total. The second kappa shape index (κ2) is 8.87. The van der Waals surface area contributed by atoms with Gasteiger partial charge >= 0.3 is 0 Å². The van der Waals surface area contributed by atoms with Crippen molar-refractivity contribution in [3.05, 3.63) is 42.1 Å². The standard InChI is InChI=1S/C17H24N4O/c1-3-5-11-19-17(18-4-2)20-13-15-12-16(22-21-15)14-9-7-6-8-10-14/h6-10,12H,3-5,11,13H2,1-2H3,(H2,18,19,20). The van der Waals surface area contributed by atoms with Gasteiger partial charge in [-0.25, -0.2) is 4.99 Å². The molecule has 0 aliphatic carbocycles. The summed E-state index contributed by atoms with van der Waals surface area (Å²) in [5.41, 5.74) is 1.85. The number of unbranched alkanes of at least 4 members (excludes halogenated alkanes) is 1. The minimum atomic E-state index is 0.498. The Hall–Kier alpha value is -2.30. The molecule has 0 radical (unpaired) electrons. The largest absolute Gasteiger partial charge is 0.357 e. The molecule has 0 atom stereocenters. The molecule has 0 spiro atoms. The highest BCUT2D eigenvalue weighted by Crippen LogP contribution is 2.19. The zero-order chi connectivity index (χ0) is 15.6. The van der Waals surface area contributed by atoms with E-state index < -0.39 is 0 Å². The summed E-state index contributed by atoms with van der Waals surface area (Å²) in [5, 5.41) is 10.6. The van der Waals surface area contributed by atoms with Crippen molar-refractivity contribution in [1.29, 1.82) is 0 Å². The Labute approximate surface area is 131 Å². The second-order valence-electron chi connectivity index (χ2n) is 5.02. The molecule has 1 aromatic heterocycles. The molecule has 0 saturated carbocycles. The van der Waals surface area contributed by atoms with E-state index in [4.69, 9.17) is 4.52 Å². The first-order chi connectivity index (χ1) is 10.8. The summed E-state index contributed by atoms with van der Waals surface area (Å²) < 4.78 is 5.38. The van der Waals surface area contributed by atoms with E-state index >= 15 is 0 Å². The molecule has 22 heavy (non-hydrogen) atoms. The zero-order valence-corrected chi connectivity index (χ0v) is 13.3. The predicted octanol–water partition coefficient (Wildman–Crippen LogP) is 3.20. The van der Waals surface area contributed by atoms with E-state index in [1.165, 1.54) is 0 Å². The maximum Gasteiger partial charge on any atom is 0.191 e. The van der Waals surface area contributed by atoms with Crippen LogP contribution in [0, 0.1) is 0 Å². The number of nitrogens with one attached hydrogen (secondary N) is 2. The van der Waals surface area contributed by atoms with Crippen molar-refractivity contribution in [2.24, 2.45) is 4.99 Å². The van der Waals surface area contributed by atoms with E-state index in [-0.39, 0.29) is 0 Å². The molecule has 118 valence electrons. The average Bonchev–Trinajstić information content (AvgIpc) is 3.03. The molecule has 5 nitrogen and oxygen atoms in total. The maximum atomic E-state index is 5.38. The molecule has 0 unspecified atom stereocenters. The molecule has 2 aromatic rings. The van der Waals surface area contributed by atoms with Crippen LogP contribution in [0.4, 0.5) is 0 Å². The summed E-state index contributed by atoms with van der Waals surface area (Å²) in [4.78, 5) is 4.53. The van der Waals surface area contributed by atoms with Crippen LogP contribution in [0.1, 0.15) is 32.4 Å². The van der Waals surface area contributed by atoms with Crippen LogP contribution < -0.4 is 10.6 Å². The first-order valence-electron chi connectivity index (χ1n) is 7.86. The van der Waals surface area contributed by atoms with Crippen LogP contribution in [0.3, 0.4) is 0 Å². The molecule has 1 heterocycles. The van der Waals surface area contributed by atoms with Gasteiger partial charge in [-0.05, 0) is 13.3 Å². The summed E-state index contributed by atoms with van der Waals surface area (Å²) in [6.45, 7) is 6.49. The summed E-state index contributed by atoms with van der Waals surface area (Å²) in [5.74, 6) is 1.59. The van der Waals surface area contributed by atoms with Crippen LogP contribution in [0.5, 0.6) is 0 Å². The smallest absolute Gasteiger partial charge is 0.191 e. The van der Waals surface area contributed by atoms with Crippen molar-refractivity contribution in [3.8, 4) is 11.3 Å². The van der Waals surface area contributed by atoms with Gasteiger partial charge in [0.05, 0.1) is 6.54 Å². The van der Waals surface area contributed by atoms with Crippen molar-refractivity contribution in [2.75, 3.05) is 13.1 Å². The lowest BCUT2D eigenvalue weighted by molar-refractivity contribution is 0.424. The molecule has 5 heteroatoms. The first kappa shape index (κ1) is 16.1. The number of guanidine groups is 1. The predicted molar refractivity (Wildman–Crippen MR) is 89.7 cm³/mol. The van der Waals surface area contributed by atoms with E-state index in [0.717, 1.165) is 48.9 Å². The first-order valence-corrected chi connectivity index (χ1v) is 7.86. The van der Waals surface area contributed by atoms with E-state index in [1.54, 1.807) is 0 Å². The van der Waals surface area contributed by atoms with Gasteiger partial charge in [-0.3, -0.25) is 0 Å². The number of aliphatic imine (C=N–C) groups is 1. The summed E-state index contributed by atoms with van der Waals surface area (Å²) in [6.07, 6.45) is 2.29. The monoisotopic (exact) mass is 300 g/mol. The minimum absolute atomic E-state index is 0.498. The Bertz CT molecular complexity index is 577. The van der Waals surface area contributed by atoms with Crippen molar-refractivity contribution in [1.82, 2.24) is 15.8 Å². The molecule has 1 aromatic carbocycles. The Kier molecular flexibility index (Phi) is 6.48. The highest BCUT2D eigenvalue weighted by atomic mass is 16.5. The lowest BCUT2D eigenvalue weighted by Gasteiger charge is -2.09. The van der Waals surface area contributed by atoms with Crippen LogP contribution in [-0.2, 0) is 6.54 Å². The molecular formula is C17H24N4O. The van der Waals surface area contributed by atoms with Crippen LogP contribution in [-0.4, -0.2) is 24.2 Å². The minimum Gasteiger partial charge on any atom is -0.357 e. The van der Waals surface area contributed by atoms with Gasteiger partial charge in [0, 0.05) is 24.7 Å². The molecular weight excluding hydrogens is 276 g/mol. The van der Waals surface area contributed by atoms with Gasteiger partial charge in [-0.15, -0.1) is 0 Å². The highest BCUT2D eigenvalue weighted by molar-refractivity contribution is 5.79. The molecule has 0 aliphatic heterocycles. The zero-order valence-electron chi connectivity index (χ0n) is 13.3. The van der Waals surface area contributed by atoms with Crippen LogP contribution >= 0.6 is 0 Å². The summed E-state index contributed by atoms with van der Waals surface area (Å²) in [6, 6.07) is 11.9. The van der Waals surface area contributed by atoms with E-state index in [2.05, 4.69) is 34.6 Å². The number of benzene rings is 1. The number of hydrogen-bond donors (Lipinski definition) is 2. The Morgan fingerprint density at radius 1 is 1.18 bits per heavy atom. The third-order valence-corrected chi connectivity index (χ3v) is 3.18. The summed E-state index contributed by atoms with van der Waals surface area (Å²) in [7, 11) is 0. The quantitative estimate of drug-likeness (QED) is 0.468. The van der Waals surface area contributed by atoms with Crippen LogP contribution in [0.25, 0.3) is 11.3 Å². The molecule has 0 saturated heterocycles. The molecule has 0 aliphatic rings. The highest BCUT2D eigenvalue weighted by Gasteiger charge is 2.06. The number of rotatable bonds is 7. The number of nitrogens with zero attached hydrogens (tertiary/aromatic N) is 2. The normalized spacial score (nSPS) is 11.5. The number of hydrogen-bond acceptors (Lipinski definition) is 3. The van der Waals surface area contributed by atoms with Gasteiger partial charge in [-0.2, -0.15) is 0 Å². The van der Waals surface area contributed by atoms with Crippen molar-refractivity contribution in [3.63, 3.8) is 0 Å². The average molecular weight is 300 g/mol. The fourth-order valence-corrected chi connectivity index (χ4v) is 2.01. The van der Waals surface area contributed by atoms with Gasteiger partial charge in [-0.1, -0.05) is 48.8 Å². The van der Waals surface area contributed by atoms with Gasteiger partial charge in [0.25, 0.3) is 0 Å². The summed E-state index contributed by atoms with van der Waals surface area (Å²) >= 11 is 0. The van der Waals surface area contributed by atoms with Gasteiger partial charge in [0.15, 0.2) is 11.7 Å².